The molecule has 1 rings (SSSR count). The van der Waals surface area contributed by atoms with Gasteiger partial charge in [-0.2, -0.15) is 0 Å². The monoisotopic (exact) mass is 171 g/mol. The highest BCUT2D eigenvalue weighted by atomic mass is 16.2. The van der Waals surface area contributed by atoms with Gasteiger partial charge in [0.15, 0.2) is 0 Å². The van der Waals surface area contributed by atoms with Gasteiger partial charge >= 0.3 is 6.03 Å². The first kappa shape index (κ1) is 9.32. The summed E-state index contributed by atoms with van der Waals surface area (Å²) in [5.74, 6) is 0. The number of likely N-dealkylation sites (N-methyl/N-ethyl adjacent to an activating group) is 1. The van der Waals surface area contributed by atoms with Crippen LogP contribution in [0.1, 0.15) is 13.8 Å². The van der Waals surface area contributed by atoms with E-state index in [4.69, 9.17) is 0 Å². The average molecular weight is 171 g/mol. The summed E-state index contributed by atoms with van der Waals surface area (Å²) in [6.45, 7) is 5.68. The van der Waals surface area contributed by atoms with E-state index < -0.39 is 0 Å². The molecule has 1 heterocycles. The summed E-state index contributed by atoms with van der Waals surface area (Å²) >= 11 is 0. The molecule has 2 amide bonds. The van der Waals surface area contributed by atoms with Gasteiger partial charge in [0.1, 0.15) is 0 Å². The van der Waals surface area contributed by atoms with Crippen molar-refractivity contribution in [3.05, 3.63) is 0 Å². The average Bonchev–Trinajstić information content (AvgIpc) is 2.35. The molecule has 0 saturated carbocycles. The van der Waals surface area contributed by atoms with Gasteiger partial charge in [0.05, 0.1) is 0 Å². The molecule has 70 valence electrons. The minimum atomic E-state index is 0.0598. The van der Waals surface area contributed by atoms with Gasteiger partial charge in [-0.3, -0.25) is 0 Å². The number of urea groups is 1. The molecule has 12 heavy (non-hydrogen) atoms. The number of rotatable bonds is 3. The van der Waals surface area contributed by atoms with Crippen molar-refractivity contribution in [1.82, 2.24) is 15.5 Å². The summed E-state index contributed by atoms with van der Waals surface area (Å²) in [5.41, 5.74) is 0. The van der Waals surface area contributed by atoms with Crippen molar-refractivity contribution in [2.24, 2.45) is 0 Å². The Hall–Kier alpha value is -0.770. The standard InChI is InChI=1S/C8H17N3O/c1-6(9-3)5-11-7(2)4-10-8(11)12/h6-7,9H,4-5H2,1-3H3,(H,10,12). The number of hydrogen-bond donors (Lipinski definition) is 2. The first-order chi connectivity index (χ1) is 5.65. The van der Waals surface area contributed by atoms with Crippen LogP contribution in [0.3, 0.4) is 0 Å². The maximum Gasteiger partial charge on any atom is 0.317 e. The summed E-state index contributed by atoms with van der Waals surface area (Å²) in [6.07, 6.45) is 0. The molecule has 1 aliphatic rings. The second-order valence-electron chi connectivity index (χ2n) is 3.38. The van der Waals surface area contributed by atoms with Crippen LogP contribution < -0.4 is 10.6 Å². The predicted octanol–water partition coefficient (Wildman–Crippen LogP) is 0.00800. The van der Waals surface area contributed by atoms with Gasteiger partial charge in [-0.05, 0) is 20.9 Å². The lowest BCUT2D eigenvalue weighted by Crippen LogP contribution is -2.42. The third-order valence-corrected chi connectivity index (χ3v) is 2.30. The summed E-state index contributed by atoms with van der Waals surface area (Å²) in [5, 5.41) is 5.92. The lowest BCUT2D eigenvalue weighted by molar-refractivity contribution is 0.201. The first-order valence-corrected chi connectivity index (χ1v) is 4.37. The molecule has 4 heteroatoms. The highest BCUT2D eigenvalue weighted by Crippen LogP contribution is 2.06. The fourth-order valence-electron chi connectivity index (χ4n) is 1.30. The van der Waals surface area contributed by atoms with E-state index in [-0.39, 0.29) is 6.03 Å². The fraction of sp³-hybridized carbons (Fsp3) is 0.875. The van der Waals surface area contributed by atoms with Crippen LogP contribution in [-0.2, 0) is 0 Å². The SMILES string of the molecule is CNC(C)CN1C(=O)NCC1C. The van der Waals surface area contributed by atoms with Crippen LogP contribution in [0.15, 0.2) is 0 Å². The van der Waals surface area contributed by atoms with E-state index in [0.29, 0.717) is 12.1 Å². The predicted molar refractivity (Wildman–Crippen MR) is 48.1 cm³/mol. The van der Waals surface area contributed by atoms with Gasteiger partial charge in [0, 0.05) is 25.2 Å². The molecule has 1 aliphatic heterocycles. The normalized spacial score (nSPS) is 25.8. The van der Waals surface area contributed by atoms with Gasteiger partial charge < -0.3 is 15.5 Å². The van der Waals surface area contributed by atoms with E-state index in [0.717, 1.165) is 13.1 Å². The smallest absolute Gasteiger partial charge is 0.317 e. The minimum absolute atomic E-state index is 0.0598. The number of nitrogens with zero attached hydrogens (tertiary/aromatic N) is 1. The van der Waals surface area contributed by atoms with E-state index in [1.54, 1.807) is 0 Å². The Kier molecular flexibility index (Phi) is 2.92. The Morgan fingerprint density at radius 2 is 2.50 bits per heavy atom. The molecular formula is C8H17N3O. The number of amides is 2. The fourth-order valence-corrected chi connectivity index (χ4v) is 1.30. The summed E-state index contributed by atoms with van der Waals surface area (Å²) in [7, 11) is 1.91. The lowest BCUT2D eigenvalue weighted by atomic mass is 10.2. The zero-order chi connectivity index (χ0) is 9.14. The quantitative estimate of drug-likeness (QED) is 0.628. The van der Waals surface area contributed by atoms with Crippen molar-refractivity contribution >= 4 is 6.03 Å². The van der Waals surface area contributed by atoms with E-state index in [1.165, 1.54) is 0 Å². The van der Waals surface area contributed by atoms with Crippen LogP contribution in [-0.4, -0.2) is 43.2 Å². The largest absolute Gasteiger partial charge is 0.336 e. The molecule has 2 unspecified atom stereocenters. The van der Waals surface area contributed by atoms with Crippen molar-refractivity contribution < 1.29 is 4.79 Å². The lowest BCUT2D eigenvalue weighted by Gasteiger charge is -2.23. The molecule has 0 aromatic rings. The second kappa shape index (κ2) is 3.76. The summed E-state index contributed by atoms with van der Waals surface area (Å²) < 4.78 is 0. The number of carbonyl (C=O) groups excluding carboxylic acids is 1. The van der Waals surface area contributed by atoms with Crippen molar-refractivity contribution in [2.45, 2.75) is 25.9 Å². The Balaban J connectivity index is 2.44. The van der Waals surface area contributed by atoms with Crippen LogP contribution in [0.5, 0.6) is 0 Å². The molecule has 1 saturated heterocycles. The van der Waals surface area contributed by atoms with Crippen LogP contribution in [0.2, 0.25) is 0 Å². The van der Waals surface area contributed by atoms with Crippen LogP contribution >= 0.6 is 0 Å². The van der Waals surface area contributed by atoms with Crippen LogP contribution in [0.25, 0.3) is 0 Å². The molecule has 2 atom stereocenters. The van der Waals surface area contributed by atoms with Gasteiger partial charge in [-0.1, -0.05) is 0 Å². The Bertz CT molecular complexity index is 172. The second-order valence-corrected chi connectivity index (χ2v) is 3.38. The third-order valence-electron chi connectivity index (χ3n) is 2.30. The Labute approximate surface area is 73.3 Å². The van der Waals surface area contributed by atoms with Crippen molar-refractivity contribution in [3.8, 4) is 0 Å². The molecule has 0 aromatic heterocycles. The minimum Gasteiger partial charge on any atom is -0.336 e. The van der Waals surface area contributed by atoms with E-state index in [2.05, 4.69) is 24.5 Å². The zero-order valence-corrected chi connectivity index (χ0v) is 7.92. The molecule has 0 bridgehead atoms. The third kappa shape index (κ3) is 1.88. The van der Waals surface area contributed by atoms with E-state index in [9.17, 15) is 4.79 Å². The molecule has 0 aliphatic carbocycles. The maximum atomic E-state index is 11.2. The van der Waals surface area contributed by atoms with Gasteiger partial charge in [0.2, 0.25) is 0 Å². The highest BCUT2D eigenvalue weighted by Gasteiger charge is 2.27. The van der Waals surface area contributed by atoms with Crippen LogP contribution in [0, 0.1) is 0 Å². The number of carbonyl (C=O) groups is 1. The molecule has 0 aromatic carbocycles. The maximum absolute atomic E-state index is 11.2. The molecule has 0 spiro atoms. The van der Waals surface area contributed by atoms with Crippen molar-refractivity contribution in [2.75, 3.05) is 20.1 Å². The van der Waals surface area contributed by atoms with Gasteiger partial charge in [-0.15, -0.1) is 0 Å². The molecule has 0 radical (unpaired) electrons. The van der Waals surface area contributed by atoms with E-state index in [1.807, 2.05) is 11.9 Å². The first-order valence-electron chi connectivity index (χ1n) is 4.37. The molecule has 2 N–H and O–H groups in total. The van der Waals surface area contributed by atoms with Gasteiger partial charge in [0.25, 0.3) is 0 Å². The topological polar surface area (TPSA) is 44.4 Å². The zero-order valence-electron chi connectivity index (χ0n) is 7.92. The summed E-state index contributed by atoms with van der Waals surface area (Å²) in [6, 6.07) is 0.745. The summed E-state index contributed by atoms with van der Waals surface area (Å²) in [4.78, 5) is 13.1. The molecular weight excluding hydrogens is 154 g/mol. The Morgan fingerprint density at radius 1 is 1.83 bits per heavy atom. The van der Waals surface area contributed by atoms with Crippen molar-refractivity contribution in [1.29, 1.82) is 0 Å². The van der Waals surface area contributed by atoms with E-state index >= 15 is 0 Å². The number of hydrogen-bond acceptors (Lipinski definition) is 2. The van der Waals surface area contributed by atoms with Gasteiger partial charge in [-0.25, -0.2) is 4.79 Å². The highest BCUT2D eigenvalue weighted by molar-refractivity contribution is 5.76. The number of nitrogens with one attached hydrogen (secondary N) is 2. The Morgan fingerprint density at radius 3 is 2.92 bits per heavy atom. The van der Waals surface area contributed by atoms with Crippen molar-refractivity contribution in [3.63, 3.8) is 0 Å². The molecule has 4 nitrogen and oxygen atoms in total. The molecule has 1 fully saturated rings. The van der Waals surface area contributed by atoms with Crippen LogP contribution in [0.4, 0.5) is 4.79 Å².